The lowest BCUT2D eigenvalue weighted by Crippen LogP contribution is -2.37. The van der Waals surface area contributed by atoms with Gasteiger partial charge in [-0.2, -0.15) is 0 Å². The lowest BCUT2D eigenvalue weighted by Gasteiger charge is -2.31. The first-order valence-electron chi connectivity index (χ1n) is 9.59. The Morgan fingerprint density at radius 2 is 1.93 bits per heavy atom. The van der Waals surface area contributed by atoms with Crippen molar-refractivity contribution in [3.63, 3.8) is 0 Å². The molecule has 4 rings (SSSR count). The second kappa shape index (κ2) is 6.86. The van der Waals surface area contributed by atoms with E-state index < -0.39 is 11.8 Å². The van der Waals surface area contributed by atoms with Gasteiger partial charge >= 0.3 is 0 Å². The van der Waals surface area contributed by atoms with Crippen molar-refractivity contribution in [3.8, 4) is 0 Å². The molecule has 0 fully saturated rings. The molecule has 2 aromatic carbocycles. The number of benzene rings is 2. The predicted octanol–water partition coefficient (Wildman–Crippen LogP) is 3.83. The number of nitrogens with zero attached hydrogens (tertiary/aromatic N) is 1. The van der Waals surface area contributed by atoms with Gasteiger partial charge in [-0.25, -0.2) is 4.39 Å². The number of aryl methyl sites for hydroxylation is 1. The molecule has 0 radical (unpaired) electrons. The second-order valence-electron chi connectivity index (χ2n) is 7.87. The highest BCUT2D eigenvalue weighted by atomic mass is 19.1. The van der Waals surface area contributed by atoms with Crippen LogP contribution in [0.4, 0.5) is 4.39 Å². The number of fused-ring (bicyclic) bond motifs is 1. The van der Waals surface area contributed by atoms with Crippen LogP contribution in [-0.4, -0.2) is 34.4 Å². The summed E-state index contributed by atoms with van der Waals surface area (Å²) in [6.07, 6.45) is 3.20. The highest BCUT2D eigenvalue weighted by Gasteiger charge is 2.45. The van der Waals surface area contributed by atoms with Gasteiger partial charge in [0.15, 0.2) is 0 Å². The van der Waals surface area contributed by atoms with E-state index in [9.17, 15) is 14.6 Å². The average molecular weight is 367 g/mol. The van der Waals surface area contributed by atoms with Crippen LogP contribution in [0.5, 0.6) is 0 Å². The molecule has 27 heavy (non-hydrogen) atoms. The maximum atomic E-state index is 13.4. The molecule has 3 nitrogen and oxygen atoms in total. The molecule has 3 unspecified atom stereocenters. The van der Waals surface area contributed by atoms with Crippen LogP contribution in [0.25, 0.3) is 0 Å². The fourth-order valence-electron chi connectivity index (χ4n) is 4.55. The van der Waals surface area contributed by atoms with E-state index in [0.29, 0.717) is 6.42 Å². The van der Waals surface area contributed by atoms with Crippen molar-refractivity contribution in [2.45, 2.75) is 44.4 Å². The summed E-state index contributed by atoms with van der Waals surface area (Å²) >= 11 is 0. The molecule has 0 spiro atoms. The van der Waals surface area contributed by atoms with Gasteiger partial charge in [-0.1, -0.05) is 47.5 Å². The highest BCUT2D eigenvalue weighted by molar-refractivity contribution is 5.52. The third kappa shape index (κ3) is 3.22. The van der Waals surface area contributed by atoms with Gasteiger partial charge in [0, 0.05) is 19.0 Å². The summed E-state index contributed by atoms with van der Waals surface area (Å²) in [7, 11) is 0. The number of hydrogen-bond donors (Lipinski definition) is 2. The molecule has 0 saturated heterocycles. The van der Waals surface area contributed by atoms with E-state index in [0.717, 1.165) is 30.6 Å². The van der Waals surface area contributed by atoms with Gasteiger partial charge < -0.3 is 10.2 Å². The van der Waals surface area contributed by atoms with Crippen molar-refractivity contribution in [2.75, 3.05) is 13.1 Å². The standard InChI is InChI=1S/C23H26FNO2/c1-15-3-8-22-20(13-15)21(17-9-11-25(12-10-17)16(2)26)14-23(22,27)18-4-6-19(24)7-5-18/h3-9,13,16,21,26-27H,10-12,14H2,1-2H3. The fraction of sp³-hybridized carbons (Fsp3) is 0.391. The Hall–Kier alpha value is -2.01. The van der Waals surface area contributed by atoms with Crippen LogP contribution in [0.2, 0.25) is 0 Å². The summed E-state index contributed by atoms with van der Waals surface area (Å²) in [5.74, 6) is -0.152. The molecule has 4 heteroatoms. The van der Waals surface area contributed by atoms with Gasteiger partial charge in [-0.05, 0) is 55.5 Å². The molecule has 0 bridgehead atoms. The minimum atomic E-state index is -1.11. The van der Waals surface area contributed by atoms with Gasteiger partial charge in [-0.3, -0.25) is 4.90 Å². The van der Waals surface area contributed by atoms with Crippen LogP contribution in [0.1, 0.15) is 47.9 Å². The van der Waals surface area contributed by atoms with Gasteiger partial charge in [0.25, 0.3) is 0 Å². The molecule has 3 atom stereocenters. The molecule has 0 saturated carbocycles. The molecule has 142 valence electrons. The predicted molar refractivity (Wildman–Crippen MR) is 104 cm³/mol. The summed E-state index contributed by atoms with van der Waals surface area (Å²) in [5, 5.41) is 21.4. The molecule has 1 heterocycles. The Morgan fingerprint density at radius 3 is 2.56 bits per heavy atom. The number of rotatable bonds is 3. The van der Waals surface area contributed by atoms with Crippen LogP contribution in [0.3, 0.4) is 0 Å². The Balaban J connectivity index is 1.74. The zero-order valence-corrected chi connectivity index (χ0v) is 15.8. The topological polar surface area (TPSA) is 43.7 Å². The molecule has 1 aliphatic heterocycles. The van der Waals surface area contributed by atoms with E-state index in [4.69, 9.17) is 0 Å². The molecular weight excluding hydrogens is 341 g/mol. The first-order chi connectivity index (χ1) is 12.9. The van der Waals surface area contributed by atoms with Gasteiger partial charge in [-0.15, -0.1) is 0 Å². The van der Waals surface area contributed by atoms with Crippen LogP contribution in [-0.2, 0) is 5.60 Å². The molecular formula is C23H26FNO2. The number of halogens is 1. The first kappa shape index (κ1) is 18.4. The fourth-order valence-corrected chi connectivity index (χ4v) is 4.55. The summed E-state index contributed by atoms with van der Waals surface area (Å²) in [4.78, 5) is 2.03. The highest BCUT2D eigenvalue weighted by Crippen LogP contribution is 2.52. The molecule has 0 amide bonds. The quantitative estimate of drug-likeness (QED) is 0.811. The summed E-state index contributed by atoms with van der Waals surface area (Å²) < 4.78 is 13.4. The zero-order chi connectivity index (χ0) is 19.2. The van der Waals surface area contributed by atoms with Gasteiger partial charge in [0.1, 0.15) is 17.6 Å². The van der Waals surface area contributed by atoms with E-state index in [1.165, 1.54) is 28.8 Å². The Morgan fingerprint density at radius 1 is 1.19 bits per heavy atom. The van der Waals surface area contributed by atoms with Crippen molar-refractivity contribution in [1.82, 2.24) is 4.90 Å². The third-order valence-electron chi connectivity index (χ3n) is 6.10. The SMILES string of the molecule is Cc1ccc2c(c1)C(C1=CCN(C(C)O)CC1)CC2(O)c1ccc(F)cc1. The number of aliphatic hydroxyl groups is 2. The molecule has 2 aromatic rings. The Labute approximate surface area is 159 Å². The van der Waals surface area contributed by atoms with Crippen LogP contribution >= 0.6 is 0 Å². The summed E-state index contributed by atoms with van der Waals surface area (Å²) in [6.45, 7) is 5.40. The molecule has 0 aromatic heterocycles. The zero-order valence-electron chi connectivity index (χ0n) is 15.8. The maximum Gasteiger partial charge on any atom is 0.123 e. The molecule has 2 N–H and O–H groups in total. The maximum absolute atomic E-state index is 13.4. The van der Waals surface area contributed by atoms with Crippen molar-refractivity contribution in [2.24, 2.45) is 0 Å². The first-order valence-corrected chi connectivity index (χ1v) is 9.59. The lowest BCUT2D eigenvalue weighted by atomic mass is 9.85. The molecule has 1 aliphatic carbocycles. The normalized spacial score (nSPS) is 26.6. The van der Waals surface area contributed by atoms with Gasteiger partial charge in [0.05, 0.1) is 0 Å². The van der Waals surface area contributed by atoms with Crippen molar-refractivity contribution >= 4 is 0 Å². The largest absolute Gasteiger partial charge is 0.380 e. The van der Waals surface area contributed by atoms with Crippen molar-refractivity contribution in [1.29, 1.82) is 0 Å². The van der Waals surface area contributed by atoms with Crippen LogP contribution < -0.4 is 0 Å². The molecule has 2 aliphatic rings. The second-order valence-corrected chi connectivity index (χ2v) is 7.87. The number of aliphatic hydroxyl groups excluding tert-OH is 1. The minimum Gasteiger partial charge on any atom is -0.380 e. The van der Waals surface area contributed by atoms with Crippen molar-refractivity contribution < 1.29 is 14.6 Å². The third-order valence-corrected chi connectivity index (χ3v) is 6.10. The van der Waals surface area contributed by atoms with E-state index in [2.05, 4.69) is 19.1 Å². The van der Waals surface area contributed by atoms with Crippen LogP contribution in [0.15, 0.2) is 54.1 Å². The van der Waals surface area contributed by atoms with E-state index in [-0.39, 0.29) is 11.7 Å². The minimum absolute atomic E-state index is 0.145. The van der Waals surface area contributed by atoms with E-state index in [1.54, 1.807) is 19.1 Å². The average Bonchev–Trinajstić information content (AvgIpc) is 2.95. The van der Waals surface area contributed by atoms with E-state index in [1.807, 2.05) is 17.0 Å². The summed E-state index contributed by atoms with van der Waals surface area (Å²) in [6, 6.07) is 12.4. The monoisotopic (exact) mass is 367 g/mol. The lowest BCUT2D eigenvalue weighted by molar-refractivity contribution is 0.0239. The van der Waals surface area contributed by atoms with Gasteiger partial charge in [0.2, 0.25) is 0 Å². The Kier molecular flexibility index (Phi) is 4.66. The Bertz CT molecular complexity index is 874. The smallest absolute Gasteiger partial charge is 0.123 e. The van der Waals surface area contributed by atoms with E-state index >= 15 is 0 Å². The summed E-state index contributed by atoms with van der Waals surface area (Å²) in [5.41, 5.74) is 4.20. The number of hydrogen-bond acceptors (Lipinski definition) is 3. The van der Waals surface area contributed by atoms with Crippen molar-refractivity contribution in [3.05, 3.63) is 82.2 Å². The van der Waals surface area contributed by atoms with Crippen LogP contribution in [0, 0.1) is 12.7 Å².